The lowest BCUT2D eigenvalue weighted by atomic mass is 9.93. The highest BCUT2D eigenvalue weighted by Gasteiger charge is 2.38. The lowest BCUT2D eigenvalue weighted by molar-refractivity contribution is -0.0636. The highest BCUT2D eigenvalue weighted by molar-refractivity contribution is 5.02. The first-order valence-corrected chi connectivity index (χ1v) is 6.59. The number of nitrogens with zero attached hydrogens (tertiary/aromatic N) is 2. The molecule has 1 aromatic heterocycles. The second-order valence-electron chi connectivity index (χ2n) is 4.66. The van der Waals surface area contributed by atoms with Gasteiger partial charge in [-0.1, -0.05) is 30.8 Å². The fourth-order valence-corrected chi connectivity index (χ4v) is 2.58. The van der Waals surface area contributed by atoms with Crippen LogP contribution in [0.5, 0.6) is 0 Å². The fraction of sp³-hybridized carbons (Fsp3) is 0.833. The van der Waals surface area contributed by atoms with Crippen molar-refractivity contribution in [2.75, 3.05) is 6.61 Å². The van der Waals surface area contributed by atoms with Crippen molar-refractivity contribution < 1.29 is 14.1 Å². The van der Waals surface area contributed by atoms with Gasteiger partial charge in [-0.2, -0.15) is 4.98 Å². The van der Waals surface area contributed by atoms with E-state index in [0.29, 0.717) is 18.3 Å². The van der Waals surface area contributed by atoms with Gasteiger partial charge in [0.1, 0.15) is 12.2 Å². The van der Waals surface area contributed by atoms with Gasteiger partial charge in [-0.25, -0.2) is 5.90 Å². The van der Waals surface area contributed by atoms with Gasteiger partial charge in [0.05, 0.1) is 0 Å². The summed E-state index contributed by atoms with van der Waals surface area (Å²) in [6.07, 6.45) is 6.65. The second kappa shape index (κ2) is 6.26. The summed E-state index contributed by atoms with van der Waals surface area (Å²) in [5.74, 6) is 6.04. The monoisotopic (exact) mass is 255 g/mol. The van der Waals surface area contributed by atoms with E-state index in [1.54, 1.807) is 0 Å². The maximum absolute atomic E-state index is 5.97. The minimum Gasteiger partial charge on any atom is -0.367 e. The summed E-state index contributed by atoms with van der Waals surface area (Å²) in [6.45, 7) is 2.78. The molecular formula is C12H21N3O3. The van der Waals surface area contributed by atoms with Crippen molar-refractivity contribution in [3.05, 3.63) is 11.7 Å². The fourth-order valence-electron chi connectivity index (χ4n) is 2.58. The Balaban J connectivity index is 2.20. The summed E-state index contributed by atoms with van der Waals surface area (Å²) in [6, 6.07) is 0. The zero-order valence-electron chi connectivity index (χ0n) is 10.9. The molecule has 2 N–H and O–H groups in total. The van der Waals surface area contributed by atoms with Crippen molar-refractivity contribution in [1.29, 1.82) is 0 Å². The largest absolute Gasteiger partial charge is 0.367 e. The molecule has 0 aliphatic heterocycles. The minimum atomic E-state index is -0.387. The molecule has 0 saturated heterocycles. The third-order valence-electron chi connectivity index (χ3n) is 3.41. The molecular weight excluding hydrogens is 234 g/mol. The number of rotatable bonds is 5. The molecule has 18 heavy (non-hydrogen) atoms. The normalized spacial score (nSPS) is 19.7. The number of aromatic nitrogens is 2. The maximum Gasteiger partial charge on any atom is 0.254 e. The molecule has 0 bridgehead atoms. The van der Waals surface area contributed by atoms with Crippen LogP contribution in [0.15, 0.2) is 4.52 Å². The Labute approximate surface area is 107 Å². The molecule has 1 aliphatic rings. The first-order valence-electron chi connectivity index (χ1n) is 6.59. The zero-order valence-corrected chi connectivity index (χ0v) is 10.9. The molecule has 0 aromatic carbocycles. The summed E-state index contributed by atoms with van der Waals surface area (Å²) < 4.78 is 11.1. The maximum atomic E-state index is 5.97. The Morgan fingerprint density at radius 2 is 2.00 bits per heavy atom. The molecule has 0 spiro atoms. The standard InChI is InChI=1S/C12H21N3O3/c1-2-16-12(7-5-3-4-6-8-12)11-14-10(9-17-13)18-15-11/h2-9,13H2,1H3. The van der Waals surface area contributed by atoms with Crippen LogP contribution in [0.2, 0.25) is 0 Å². The van der Waals surface area contributed by atoms with Crippen LogP contribution in [-0.4, -0.2) is 16.7 Å². The Hall–Kier alpha value is -0.980. The molecule has 2 rings (SSSR count). The average Bonchev–Trinajstić information content (AvgIpc) is 2.70. The van der Waals surface area contributed by atoms with Crippen LogP contribution in [0.3, 0.4) is 0 Å². The topological polar surface area (TPSA) is 83.4 Å². The van der Waals surface area contributed by atoms with Crippen LogP contribution in [-0.2, 0) is 21.8 Å². The molecule has 6 heteroatoms. The number of nitrogens with two attached hydrogens (primary N) is 1. The molecule has 1 heterocycles. The first-order chi connectivity index (χ1) is 8.80. The summed E-state index contributed by atoms with van der Waals surface area (Å²) in [4.78, 5) is 8.86. The first kappa shape index (κ1) is 13.5. The van der Waals surface area contributed by atoms with E-state index in [4.69, 9.17) is 15.2 Å². The van der Waals surface area contributed by atoms with Gasteiger partial charge in [0, 0.05) is 6.61 Å². The second-order valence-corrected chi connectivity index (χ2v) is 4.66. The van der Waals surface area contributed by atoms with Crippen molar-refractivity contribution >= 4 is 0 Å². The van der Waals surface area contributed by atoms with E-state index < -0.39 is 0 Å². The van der Waals surface area contributed by atoms with Crippen molar-refractivity contribution in [3.63, 3.8) is 0 Å². The highest BCUT2D eigenvalue weighted by atomic mass is 16.6. The minimum absolute atomic E-state index is 0.134. The summed E-state index contributed by atoms with van der Waals surface area (Å²) in [5, 5.41) is 4.04. The van der Waals surface area contributed by atoms with Gasteiger partial charge in [0.2, 0.25) is 5.82 Å². The quantitative estimate of drug-likeness (QED) is 0.640. The molecule has 102 valence electrons. The van der Waals surface area contributed by atoms with Gasteiger partial charge in [-0.15, -0.1) is 0 Å². The molecule has 1 aromatic rings. The zero-order chi connectivity index (χ0) is 12.8. The molecule has 0 amide bonds. The molecule has 0 radical (unpaired) electrons. The lowest BCUT2D eigenvalue weighted by Gasteiger charge is -2.29. The van der Waals surface area contributed by atoms with E-state index in [9.17, 15) is 0 Å². The molecule has 6 nitrogen and oxygen atoms in total. The SMILES string of the molecule is CCOC1(c2noc(CON)n2)CCCCCC1. The summed E-state index contributed by atoms with van der Waals surface area (Å²) in [7, 11) is 0. The summed E-state index contributed by atoms with van der Waals surface area (Å²) >= 11 is 0. The van der Waals surface area contributed by atoms with Gasteiger partial charge in [0.15, 0.2) is 0 Å². The van der Waals surface area contributed by atoms with E-state index in [-0.39, 0.29) is 12.2 Å². The van der Waals surface area contributed by atoms with Gasteiger partial charge in [-0.05, 0) is 19.8 Å². The van der Waals surface area contributed by atoms with Crippen molar-refractivity contribution in [1.82, 2.24) is 10.1 Å². The third-order valence-corrected chi connectivity index (χ3v) is 3.41. The predicted molar refractivity (Wildman–Crippen MR) is 64.3 cm³/mol. The molecule has 1 fully saturated rings. The van der Waals surface area contributed by atoms with Crippen LogP contribution < -0.4 is 5.90 Å². The molecule has 0 unspecified atom stereocenters. The van der Waals surface area contributed by atoms with Gasteiger partial charge in [0.25, 0.3) is 5.89 Å². The Morgan fingerprint density at radius 3 is 2.61 bits per heavy atom. The molecule has 1 aliphatic carbocycles. The van der Waals surface area contributed by atoms with Gasteiger partial charge in [-0.3, -0.25) is 4.84 Å². The molecule has 1 saturated carbocycles. The number of hydrogen-bond donors (Lipinski definition) is 1. The van der Waals surface area contributed by atoms with Crippen LogP contribution in [0, 0.1) is 0 Å². The van der Waals surface area contributed by atoms with Crippen molar-refractivity contribution in [3.8, 4) is 0 Å². The Morgan fingerprint density at radius 1 is 1.28 bits per heavy atom. The predicted octanol–water partition coefficient (Wildman–Crippen LogP) is 2.05. The van der Waals surface area contributed by atoms with E-state index in [1.807, 2.05) is 6.92 Å². The van der Waals surface area contributed by atoms with Crippen LogP contribution in [0.4, 0.5) is 0 Å². The summed E-state index contributed by atoms with van der Waals surface area (Å²) in [5.41, 5.74) is -0.387. The van der Waals surface area contributed by atoms with E-state index in [1.165, 1.54) is 12.8 Å². The third kappa shape index (κ3) is 2.88. The van der Waals surface area contributed by atoms with Crippen molar-refractivity contribution in [2.45, 2.75) is 57.7 Å². The Kier molecular flexibility index (Phi) is 4.68. The van der Waals surface area contributed by atoms with Crippen molar-refractivity contribution in [2.24, 2.45) is 5.90 Å². The van der Waals surface area contributed by atoms with Crippen LogP contribution >= 0.6 is 0 Å². The van der Waals surface area contributed by atoms with Gasteiger partial charge >= 0.3 is 0 Å². The molecule has 0 atom stereocenters. The highest BCUT2D eigenvalue weighted by Crippen LogP contribution is 2.37. The smallest absolute Gasteiger partial charge is 0.254 e. The van der Waals surface area contributed by atoms with E-state index in [0.717, 1.165) is 25.7 Å². The number of ether oxygens (including phenoxy) is 1. The average molecular weight is 255 g/mol. The van der Waals surface area contributed by atoms with Gasteiger partial charge < -0.3 is 9.26 Å². The van der Waals surface area contributed by atoms with E-state index in [2.05, 4.69) is 15.0 Å². The van der Waals surface area contributed by atoms with Crippen LogP contribution in [0.25, 0.3) is 0 Å². The number of hydrogen-bond acceptors (Lipinski definition) is 6. The lowest BCUT2D eigenvalue weighted by Crippen LogP contribution is -2.30. The van der Waals surface area contributed by atoms with Crippen LogP contribution in [0.1, 0.15) is 57.2 Å². The van der Waals surface area contributed by atoms with E-state index >= 15 is 0 Å². The Bertz CT molecular complexity index is 359.